The number of halogens is 1. The number of hydrogen-bond donors (Lipinski definition) is 2. The molecule has 0 fully saturated rings. The number of aromatic nitrogens is 1. The number of carbonyl (C=O) groups is 2. The molecule has 2 rings (SSSR count). The van der Waals surface area contributed by atoms with Crippen molar-refractivity contribution in [2.45, 2.75) is 13.8 Å². The van der Waals surface area contributed by atoms with Crippen LogP contribution >= 0.6 is 15.9 Å². The van der Waals surface area contributed by atoms with Crippen LogP contribution in [0.3, 0.4) is 0 Å². The summed E-state index contributed by atoms with van der Waals surface area (Å²) in [6.45, 7) is 3.48. The van der Waals surface area contributed by atoms with Gasteiger partial charge < -0.3 is 10.4 Å². The molecule has 1 amide bonds. The second kappa shape index (κ2) is 6.05. The summed E-state index contributed by atoms with van der Waals surface area (Å²) in [7, 11) is 0. The predicted molar refractivity (Wildman–Crippen MR) is 82.8 cm³/mol. The maximum Gasteiger partial charge on any atom is 0.337 e. The standard InChI is InChI=1S/C15H13BrN2O3/c1-8-7-10(3-5-12(8)16)18-14(19)13-6-4-11(15(20)21)9(2)17-13/h3-7H,1-2H3,(H,18,19)(H,20,21). The van der Waals surface area contributed by atoms with E-state index in [2.05, 4.69) is 26.2 Å². The van der Waals surface area contributed by atoms with Crippen molar-refractivity contribution < 1.29 is 14.7 Å². The number of carboxylic acids is 1. The molecule has 0 spiro atoms. The van der Waals surface area contributed by atoms with Gasteiger partial charge in [-0.25, -0.2) is 9.78 Å². The molecule has 0 unspecified atom stereocenters. The second-order valence-electron chi connectivity index (χ2n) is 4.55. The van der Waals surface area contributed by atoms with Gasteiger partial charge in [-0.05, 0) is 49.7 Å². The SMILES string of the molecule is Cc1cc(NC(=O)c2ccc(C(=O)O)c(C)n2)ccc1Br. The fourth-order valence-electron chi connectivity index (χ4n) is 1.83. The highest BCUT2D eigenvalue weighted by Crippen LogP contribution is 2.20. The van der Waals surface area contributed by atoms with E-state index in [1.54, 1.807) is 13.0 Å². The Morgan fingerprint density at radius 2 is 1.90 bits per heavy atom. The summed E-state index contributed by atoms with van der Waals surface area (Å²) < 4.78 is 0.959. The van der Waals surface area contributed by atoms with E-state index < -0.39 is 5.97 Å². The smallest absolute Gasteiger partial charge is 0.337 e. The van der Waals surface area contributed by atoms with E-state index >= 15 is 0 Å². The van der Waals surface area contributed by atoms with Crippen LogP contribution in [0.4, 0.5) is 5.69 Å². The third-order valence-corrected chi connectivity index (χ3v) is 3.85. The molecule has 0 bridgehead atoms. The van der Waals surface area contributed by atoms with Crippen LogP contribution in [0.2, 0.25) is 0 Å². The van der Waals surface area contributed by atoms with E-state index in [0.29, 0.717) is 11.4 Å². The summed E-state index contributed by atoms with van der Waals surface area (Å²) in [4.78, 5) is 27.1. The van der Waals surface area contributed by atoms with Gasteiger partial charge in [0.25, 0.3) is 5.91 Å². The summed E-state index contributed by atoms with van der Waals surface area (Å²) in [6, 6.07) is 8.23. The van der Waals surface area contributed by atoms with Crippen LogP contribution in [0.1, 0.15) is 32.1 Å². The highest BCUT2D eigenvalue weighted by molar-refractivity contribution is 9.10. The number of benzene rings is 1. The van der Waals surface area contributed by atoms with E-state index in [9.17, 15) is 9.59 Å². The number of pyridine rings is 1. The molecule has 2 aromatic rings. The first-order valence-corrected chi connectivity index (χ1v) is 6.96. The van der Waals surface area contributed by atoms with Gasteiger partial charge in [-0.3, -0.25) is 4.79 Å². The third-order valence-electron chi connectivity index (χ3n) is 2.96. The Morgan fingerprint density at radius 3 is 2.48 bits per heavy atom. The van der Waals surface area contributed by atoms with Gasteiger partial charge in [0.1, 0.15) is 5.69 Å². The lowest BCUT2D eigenvalue weighted by atomic mass is 10.1. The van der Waals surface area contributed by atoms with Gasteiger partial charge in [0.05, 0.1) is 11.3 Å². The molecule has 0 radical (unpaired) electrons. The molecule has 1 aromatic heterocycles. The number of carbonyl (C=O) groups excluding carboxylic acids is 1. The Labute approximate surface area is 130 Å². The summed E-state index contributed by atoms with van der Waals surface area (Å²) in [5.74, 6) is -1.44. The average Bonchev–Trinajstić information content (AvgIpc) is 2.42. The lowest BCUT2D eigenvalue weighted by molar-refractivity contribution is 0.0695. The highest BCUT2D eigenvalue weighted by Gasteiger charge is 2.13. The van der Waals surface area contributed by atoms with Crippen molar-refractivity contribution in [2.75, 3.05) is 5.32 Å². The van der Waals surface area contributed by atoms with Crippen LogP contribution in [0.15, 0.2) is 34.8 Å². The van der Waals surface area contributed by atoms with E-state index in [0.717, 1.165) is 10.0 Å². The zero-order valence-electron chi connectivity index (χ0n) is 11.5. The number of amides is 1. The minimum Gasteiger partial charge on any atom is -0.478 e. The van der Waals surface area contributed by atoms with Crippen molar-refractivity contribution in [1.29, 1.82) is 0 Å². The monoisotopic (exact) mass is 348 g/mol. The van der Waals surface area contributed by atoms with Crippen LogP contribution in [-0.2, 0) is 0 Å². The maximum absolute atomic E-state index is 12.1. The largest absolute Gasteiger partial charge is 0.478 e. The van der Waals surface area contributed by atoms with Gasteiger partial charge >= 0.3 is 5.97 Å². The Morgan fingerprint density at radius 1 is 1.19 bits per heavy atom. The van der Waals surface area contributed by atoms with Crippen molar-refractivity contribution in [3.63, 3.8) is 0 Å². The molecule has 1 aromatic carbocycles. The topological polar surface area (TPSA) is 79.3 Å². The fraction of sp³-hybridized carbons (Fsp3) is 0.133. The number of carboxylic acid groups (broad SMARTS) is 1. The lowest BCUT2D eigenvalue weighted by Gasteiger charge is -2.08. The van der Waals surface area contributed by atoms with Crippen molar-refractivity contribution in [3.05, 3.63) is 57.3 Å². The molecule has 2 N–H and O–H groups in total. The molecule has 0 atom stereocenters. The van der Waals surface area contributed by atoms with E-state index in [1.807, 2.05) is 19.1 Å². The Kier molecular flexibility index (Phi) is 4.37. The third kappa shape index (κ3) is 3.46. The summed E-state index contributed by atoms with van der Waals surface area (Å²) >= 11 is 3.39. The van der Waals surface area contributed by atoms with Gasteiger partial charge in [0.2, 0.25) is 0 Å². The number of aromatic carboxylic acids is 1. The number of aryl methyl sites for hydroxylation is 2. The minimum absolute atomic E-state index is 0.0889. The predicted octanol–water partition coefficient (Wildman–Crippen LogP) is 3.41. The Hall–Kier alpha value is -2.21. The molecule has 5 nitrogen and oxygen atoms in total. The zero-order chi connectivity index (χ0) is 15.6. The molecule has 0 aliphatic rings. The number of anilines is 1. The molecular weight excluding hydrogens is 336 g/mol. The highest BCUT2D eigenvalue weighted by atomic mass is 79.9. The van der Waals surface area contributed by atoms with Crippen LogP contribution < -0.4 is 5.32 Å². The van der Waals surface area contributed by atoms with Crippen molar-refractivity contribution in [3.8, 4) is 0 Å². The van der Waals surface area contributed by atoms with E-state index in [1.165, 1.54) is 12.1 Å². The number of rotatable bonds is 3. The average molecular weight is 349 g/mol. The van der Waals surface area contributed by atoms with Crippen LogP contribution in [0, 0.1) is 13.8 Å². The maximum atomic E-state index is 12.1. The first kappa shape index (κ1) is 15.2. The van der Waals surface area contributed by atoms with Gasteiger partial charge in [-0.15, -0.1) is 0 Å². The number of nitrogens with zero attached hydrogens (tertiary/aromatic N) is 1. The fourth-order valence-corrected chi connectivity index (χ4v) is 2.08. The molecule has 6 heteroatoms. The molecule has 0 aliphatic carbocycles. The first-order valence-electron chi connectivity index (χ1n) is 6.17. The minimum atomic E-state index is -1.06. The van der Waals surface area contributed by atoms with Gasteiger partial charge in [0, 0.05) is 10.2 Å². The van der Waals surface area contributed by atoms with E-state index in [4.69, 9.17) is 5.11 Å². The second-order valence-corrected chi connectivity index (χ2v) is 5.41. The van der Waals surface area contributed by atoms with Gasteiger partial charge in [-0.1, -0.05) is 15.9 Å². The number of hydrogen-bond acceptors (Lipinski definition) is 3. The normalized spacial score (nSPS) is 10.2. The van der Waals surface area contributed by atoms with Crippen molar-refractivity contribution in [2.24, 2.45) is 0 Å². The van der Waals surface area contributed by atoms with Crippen LogP contribution in [-0.4, -0.2) is 22.0 Å². The molecule has 0 saturated carbocycles. The number of nitrogens with one attached hydrogen (secondary N) is 1. The van der Waals surface area contributed by atoms with Gasteiger partial charge in [0.15, 0.2) is 0 Å². The summed E-state index contributed by atoms with van der Waals surface area (Å²) in [5.41, 5.74) is 2.23. The van der Waals surface area contributed by atoms with Crippen LogP contribution in [0.5, 0.6) is 0 Å². The molecule has 108 valence electrons. The Bertz CT molecular complexity index is 729. The molecular formula is C15H13BrN2O3. The molecule has 1 heterocycles. The molecule has 0 aliphatic heterocycles. The molecule has 21 heavy (non-hydrogen) atoms. The Balaban J connectivity index is 2.22. The summed E-state index contributed by atoms with van der Waals surface area (Å²) in [5, 5.41) is 11.7. The lowest BCUT2D eigenvalue weighted by Crippen LogP contribution is -2.15. The van der Waals surface area contributed by atoms with Crippen LogP contribution in [0.25, 0.3) is 0 Å². The van der Waals surface area contributed by atoms with E-state index in [-0.39, 0.29) is 17.2 Å². The summed E-state index contributed by atoms with van der Waals surface area (Å²) in [6.07, 6.45) is 0. The quantitative estimate of drug-likeness (QED) is 0.890. The van der Waals surface area contributed by atoms with Crippen molar-refractivity contribution in [1.82, 2.24) is 4.98 Å². The zero-order valence-corrected chi connectivity index (χ0v) is 13.1. The van der Waals surface area contributed by atoms with Gasteiger partial charge in [-0.2, -0.15) is 0 Å². The first-order chi connectivity index (χ1) is 9.88. The van der Waals surface area contributed by atoms with Crippen molar-refractivity contribution >= 4 is 33.5 Å². The molecule has 0 saturated heterocycles.